The third kappa shape index (κ3) is 6.65. The van der Waals surface area contributed by atoms with Crippen LogP contribution in [0.3, 0.4) is 0 Å². The van der Waals surface area contributed by atoms with E-state index in [0.29, 0.717) is 17.0 Å². The molecule has 0 radical (unpaired) electrons. The van der Waals surface area contributed by atoms with Crippen LogP contribution in [0.2, 0.25) is 0 Å². The average molecular weight is 386 g/mol. The Morgan fingerprint density at radius 3 is 2.66 bits per heavy atom. The van der Waals surface area contributed by atoms with Gasteiger partial charge in [-0.1, -0.05) is 66.3 Å². The van der Waals surface area contributed by atoms with Crippen molar-refractivity contribution in [3.05, 3.63) is 101 Å². The first-order valence-electron chi connectivity index (χ1n) is 9.77. The molecule has 4 N–H and O–H groups in total. The molecule has 0 aromatic heterocycles. The largest absolute Gasteiger partial charge is 0.398 e. The van der Waals surface area contributed by atoms with Gasteiger partial charge < -0.3 is 16.5 Å². The molecule has 3 nitrogen and oxygen atoms in total. The van der Waals surface area contributed by atoms with Crippen molar-refractivity contribution in [1.29, 1.82) is 5.41 Å². The summed E-state index contributed by atoms with van der Waals surface area (Å²) in [5.74, 6) is 0. The second kappa shape index (κ2) is 10.3. The zero-order chi connectivity index (χ0) is 21.4. The van der Waals surface area contributed by atoms with Gasteiger partial charge in [-0.2, -0.15) is 0 Å². The molecular formula is C26H31N3. The highest BCUT2D eigenvalue weighted by atomic mass is 14.9. The van der Waals surface area contributed by atoms with Crippen LogP contribution in [-0.4, -0.2) is 5.71 Å². The van der Waals surface area contributed by atoms with E-state index < -0.39 is 0 Å². The van der Waals surface area contributed by atoms with Gasteiger partial charge in [0.15, 0.2) is 0 Å². The van der Waals surface area contributed by atoms with Gasteiger partial charge in [-0.3, -0.25) is 0 Å². The minimum atomic E-state index is 0.377. The average Bonchev–Trinajstić information content (AvgIpc) is 2.66. The minimum absolute atomic E-state index is 0.377. The highest BCUT2D eigenvalue weighted by molar-refractivity contribution is 6.12. The molecule has 3 heteroatoms. The first-order valence-corrected chi connectivity index (χ1v) is 9.77. The van der Waals surface area contributed by atoms with E-state index in [1.54, 1.807) is 6.08 Å². The number of hydrogen-bond acceptors (Lipinski definition) is 3. The molecule has 29 heavy (non-hydrogen) atoms. The standard InChI is InChI=1S/C26H31N3/c1-6-7-9-18(2)14-21(5)29-26-17-23(25(28)16-20(26)4)24(27)13-12-22-11-8-10-19(3)15-22/h6-13,15-17,27,29H,5,14,28H2,1-4H3/b7-6-,13-12+,18-9+,27-24?. The first kappa shape index (κ1) is 22.0. The lowest BCUT2D eigenvalue weighted by Gasteiger charge is -2.15. The van der Waals surface area contributed by atoms with E-state index in [-0.39, 0.29) is 0 Å². The Morgan fingerprint density at radius 1 is 1.21 bits per heavy atom. The number of anilines is 2. The topological polar surface area (TPSA) is 61.9 Å². The van der Waals surface area contributed by atoms with Gasteiger partial charge in [0.2, 0.25) is 0 Å². The Hall–Kier alpha value is -3.33. The van der Waals surface area contributed by atoms with E-state index in [1.807, 2.05) is 56.3 Å². The Kier molecular flexibility index (Phi) is 7.79. The van der Waals surface area contributed by atoms with Crippen molar-refractivity contribution in [3.8, 4) is 0 Å². The summed E-state index contributed by atoms with van der Waals surface area (Å²) in [5, 5.41) is 11.9. The third-order valence-electron chi connectivity index (χ3n) is 4.55. The van der Waals surface area contributed by atoms with Crippen LogP contribution in [0.15, 0.2) is 78.6 Å². The Balaban J connectivity index is 2.19. The van der Waals surface area contributed by atoms with Crippen molar-refractivity contribution in [3.63, 3.8) is 0 Å². The molecule has 0 aliphatic rings. The number of aryl methyl sites for hydroxylation is 2. The van der Waals surface area contributed by atoms with E-state index in [4.69, 9.17) is 11.1 Å². The number of benzene rings is 2. The number of nitrogens with one attached hydrogen (secondary N) is 2. The fraction of sp³-hybridized carbons (Fsp3) is 0.192. The maximum atomic E-state index is 8.48. The van der Waals surface area contributed by atoms with Crippen LogP contribution in [0.1, 0.15) is 42.5 Å². The van der Waals surface area contributed by atoms with E-state index >= 15 is 0 Å². The fourth-order valence-corrected chi connectivity index (χ4v) is 3.03. The predicted molar refractivity (Wildman–Crippen MR) is 129 cm³/mol. The number of hydrogen-bond donors (Lipinski definition) is 3. The van der Waals surface area contributed by atoms with E-state index in [1.165, 1.54) is 11.1 Å². The molecule has 0 amide bonds. The van der Waals surface area contributed by atoms with Gasteiger partial charge in [-0.25, -0.2) is 0 Å². The number of nitrogen functional groups attached to an aromatic ring is 1. The van der Waals surface area contributed by atoms with Crippen LogP contribution < -0.4 is 11.1 Å². The molecule has 0 fully saturated rings. The number of allylic oxidation sites excluding steroid dienone is 5. The minimum Gasteiger partial charge on any atom is -0.398 e. The number of rotatable bonds is 8. The second-order valence-electron chi connectivity index (χ2n) is 7.36. The van der Waals surface area contributed by atoms with Crippen LogP contribution in [-0.2, 0) is 0 Å². The molecule has 0 saturated carbocycles. The van der Waals surface area contributed by atoms with Gasteiger partial charge in [0, 0.05) is 29.1 Å². The number of nitrogens with two attached hydrogens (primary N) is 1. The Morgan fingerprint density at radius 2 is 1.97 bits per heavy atom. The normalized spacial score (nSPS) is 11.9. The van der Waals surface area contributed by atoms with Crippen molar-refractivity contribution in [2.24, 2.45) is 0 Å². The molecule has 150 valence electrons. The van der Waals surface area contributed by atoms with Crippen LogP contribution >= 0.6 is 0 Å². The second-order valence-corrected chi connectivity index (χ2v) is 7.36. The van der Waals surface area contributed by atoms with E-state index in [9.17, 15) is 0 Å². The van der Waals surface area contributed by atoms with Gasteiger partial charge in [-0.15, -0.1) is 0 Å². The first-order chi connectivity index (χ1) is 13.8. The molecule has 0 heterocycles. The highest BCUT2D eigenvalue weighted by Crippen LogP contribution is 2.26. The summed E-state index contributed by atoms with van der Waals surface area (Å²) < 4.78 is 0. The molecule has 0 bridgehead atoms. The molecule has 0 aliphatic carbocycles. The summed E-state index contributed by atoms with van der Waals surface area (Å²) in [4.78, 5) is 0. The molecule has 0 saturated heterocycles. The van der Waals surface area contributed by atoms with Crippen LogP contribution in [0, 0.1) is 19.3 Å². The van der Waals surface area contributed by atoms with E-state index in [2.05, 4.69) is 44.0 Å². The molecule has 0 spiro atoms. The van der Waals surface area contributed by atoms with Crippen molar-refractivity contribution in [2.75, 3.05) is 11.1 Å². The van der Waals surface area contributed by atoms with Crippen molar-refractivity contribution >= 4 is 23.2 Å². The Bertz CT molecular complexity index is 991. The molecule has 0 aliphatic heterocycles. The van der Waals surface area contributed by atoms with Crippen LogP contribution in [0.4, 0.5) is 11.4 Å². The molecule has 2 aromatic carbocycles. The van der Waals surface area contributed by atoms with Crippen molar-refractivity contribution < 1.29 is 0 Å². The van der Waals surface area contributed by atoms with Gasteiger partial charge in [0.1, 0.15) is 0 Å². The molecular weight excluding hydrogens is 354 g/mol. The smallest absolute Gasteiger partial charge is 0.0633 e. The van der Waals surface area contributed by atoms with Gasteiger partial charge in [-0.05, 0) is 57.0 Å². The summed E-state index contributed by atoms with van der Waals surface area (Å²) in [6.45, 7) is 12.3. The molecule has 0 unspecified atom stereocenters. The maximum absolute atomic E-state index is 8.48. The summed E-state index contributed by atoms with van der Waals surface area (Å²) in [6, 6.07) is 12.0. The van der Waals surface area contributed by atoms with Gasteiger partial charge in [0.05, 0.1) is 5.71 Å². The summed E-state index contributed by atoms with van der Waals surface area (Å²) in [7, 11) is 0. The Labute approximate surface area is 174 Å². The van der Waals surface area contributed by atoms with Crippen molar-refractivity contribution in [2.45, 2.75) is 34.1 Å². The van der Waals surface area contributed by atoms with Crippen molar-refractivity contribution in [1.82, 2.24) is 0 Å². The zero-order valence-electron chi connectivity index (χ0n) is 17.8. The molecule has 0 atom stereocenters. The lowest BCUT2D eigenvalue weighted by molar-refractivity contribution is 1.12. The summed E-state index contributed by atoms with van der Waals surface area (Å²) in [6.07, 6.45) is 10.6. The van der Waals surface area contributed by atoms with Gasteiger partial charge >= 0.3 is 0 Å². The van der Waals surface area contributed by atoms with E-state index in [0.717, 1.165) is 28.9 Å². The molecule has 2 rings (SSSR count). The third-order valence-corrected chi connectivity index (χ3v) is 4.55. The predicted octanol–water partition coefficient (Wildman–Crippen LogP) is 6.81. The maximum Gasteiger partial charge on any atom is 0.0633 e. The van der Waals surface area contributed by atoms with Crippen LogP contribution in [0.5, 0.6) is 0 Å². The lowest BCUT2D eigenvalue weighted by Crippen LogP contribution is -2.06. The lowest BCUT2D eigenvalue weighted by atomic mass is 10.0. The summed E-state index contributed by atoms with van der Waals surface area (Å²) >= 11 is 0. The van der Waals surface area contributed by atoms with Crippen LogP contribution in [0.25, 0.3) is 6.08 Å². The SMILES string of the molecule is C=C(C/C(C)=C/C=C\C)Nc1cc(C(=N)/C=C/c2cccc(C)c2)c(N)cc1C. The quantitative estimate of drug-likeness (QED) is 0.266. The highest BCUT2D eigenvalue weighted by Gasteiger charge is 2.09. The molecule has 2 aromatic rings. The summed E-state index contributed by atoms with van der Waals surface area (Å²) in [5.41, 5.74) is 14.2. The fourth-order valence-electron chi connectivity index (χ4n) is 3.03. The zero-order valence-corrected chi connectivity index (χ0v) is 17.8. The monoisotopic (exact) mass is 385 g/mol. The van der Waals surface area contributed by atoms with Gasteiger partial charge in [0.25, 0.3) is 0 Å².